The number of rotatable bonds is 10. The number of hydrogen-bond acceptors (Lipinski definition) is 4. The number of carbonyl (C=O) groups is 2. The number of aryl methyl sites for hydroxylation is 1. The molecule has 0 atom stereocenters. The number of carbonyl (C=O) groups excluding carboxylic acids is 2. The number of nitrogens with zero attached hydrogens (tertiary/aromatic N) is 3. The minimum Gasteiger partial charge on any atom is -0.495 e. The van der Waals surface area contributed by atoms with Crippen LogP contribution in [-0.2, 0) is 10.2 Å². The molecular weight excluding hydrogens is 466 g/mol. The van der Waals surface area contributed by atoms with E-state index < -0.39 is 0 Å². The molecule has 0 spiro atoms. The summed E-state index contributed by atoms with van der Waals surface area (Å²) in [5.41, 5.74) is 3.17. The van der Waals surface area contributed by atoms with Gasteiger partial charge in [-0.15, -0.1) is 0 Å². The summed E-state index contributed by atoms with van der Waals surface area (Å²) in [4.78, 5) is 28.0. The molecule has 3 rings (SSSR count). The predicted molar refractivity (Wildman–Crippen MR) is 149 cm³/mol. The van der Waals surface area contributed by atoms with Gasteiger partial charge >= 0.3 is 6.03 Å². The molecule has 1 heterocycles. The van der Waals surface area contributed by atoms with Crippen molar-refractivity contribution in [2.45, 2.75) is 59.3 Å². The van der Waals surface area contributed by atoms with Gasteiger partial charge in [-0.1, -0.05) is 64.8 Å². The maximum Gasteiger partial charge on any atom is 0.322 e. The summed E-state index contributed by atoms with van der Waals surface area (Å²) in [6.07, 6.45) is 2.78. The Morgan fingerprint density at radius 3 is 2.46 bits per heavy atom. The lowest BCUT2D eigenvalue weighted by Gasteiger charge is -2.23. The lowest BCUT2D eigenvalue weighted by Crippen LogP contribution is -2.41. The third-order valence-corrected chi connectivity index (χ3v) is 5.99. The van der Waals surface area contributed by atoms with E-state index in [0.717, 1.165) is 36.2 Å². The van der Waals surface area contributed by atoms with E-state index in [1.54, 1.807) is 23.9 Å². The molecule has 37 heavy (non-hydrogen) atoms. The molecule has 0 unspecified atom stereocenters. The van der Waals surface area contributed by atoms with Crippen LogP contribution in [0.1, 0.15) is 58.2 Å². The average molecular weight is 506 g/mol. The smallest absolute Gasteiger partial charge is 0.322 e. The summed E-state index contributed by atoms with van der Waals surface area (Å²) in [5.74, 6) is 0.839. The van der Waals surface area contributed by atoms with Crippen LogP contribution in [-0.4, -0.2) is 46.8 Å². The zero-order valence-corrected chi connectivity index (χ0v) is 22.8. The summed E-state index contributed by atoms with van der Waals surface area (Å²) >= 11 is 0. The number of benzene rings is 2. The Labute approximate surface area is 220 Å². The molecular formula is C29H39N5O3. The highest BCUT2D eigenvalue weighted by Gasteiger charge is 2.23. The first kappa shape index (κ1) is 27.8. The number of aromatic nitrogens is 2. The van der Waals surface area contributed by atoms with Crippen LogP contribution in [0.25, 0.3) is 5.69 Å². The standard InChI is InChI=1S/C29H39N5O3/c1-7-8-11-17-33(28(36)30-23-15-9-10-16-24(23)37-6)20-27(35)31-26-19-25(29(3,4)5)32-34(26)22-14-12-13-21(2)18-22/h9-10,12-16,18-19H,7-8,11,17,20H2,1-6H3,(H,30,36)(H,31,35). The molecule has 0 aliphatic rings. The lowest BCUT2D eigenvalue weighted by molar-refractivity contribution is -0.116. The van der Waals surface area contributed by atoms with Crippen molar-refractivity contribution < 1.29 is 14.3 Å². The quantitative estimate of drug-likeness (QED) is 0.324. The molecule has 0 saturated heterocycles. The number of hydrogen-bond donors (Lipinski definition) is 2. The average Bonchev–Trinajstić information content (AvgIpc) is 3.28. The van der Waals surface area contributed by atoms with E-state index in [-0.39, 0.29) is 23.9 Å². The normalized spacial score (nSPS) is 11.2. The molecule has 1 aromatic heterocycles. The fourth-order valence-electron chi connectivity index (χ4n) is 3.90. The van der Waals surface area contributed by atoms with Crippen LogP contribution in [0.15, 0.2) is 54.6 Å². The van der Waals surface area contributed by atoms with E-state index in [9.17, 15) is 9.59 Å². The molecule has 0 radical (unpaired) electrons. The van der Waals surface area contributed by atoms with Gasteiger partial charge in [0.25, 0.3) is 0 Å². The van der Waals surface area contributed by atoms with E-state index in [1.165, 1.54) is 4.90 Å². The fourth-order valence-corrected chi connectivity index (χ4v) is 3.90. The second-order valence-electron chi connectivity index (χ2n) is 10.2. The van der Waals surface area contributed by atoms with E-state index in [1.807, 2.05) is 49.4 Å². The number of para-hydroxylation sites is 2. The van der Waals surface area contributed by atoms with Crippen molar-refractivity contribution in [1.82, 2.24) is 14.7 Å². The second kappa shape index (κ2) is 12.4. The molecule has 0 fully saturated rings. The summed E-state index contributed by atoms with van der Waals surface area (Å²) in [5, 5.41) is 10.7. The highest BCUT2D eigenvalue weighted by atomic mass is 16.5. The number of amides is 3. The predicted octanol–water partition coefficient (Wildman–Crippen LogP) is 6.15. The number of unbranched alkanes of at least 4 members (excludes halogenated alkanes) is 2. The summed E-state index contributed by atoms with van der Waals surface area (Å²) in [7, 11) is 1.56. The first-order valence-electron chi connectivity index (χ1n) is 12.8. The number of methoxy groups -OCH3 is 1. The number of ether oxygens (including phenoxy) is 1. The van der Waals surface area contributed by atoms with Gasteiger partial charge in [0.1, 0.15) is 18.1 Å². The van der Waals surface area contributed by atoms with Crippen molar-refractivity contribution in [3.05, 3.63) is 65.9 Å². The summed E-state index contributed by atoms with van der Waals surface area (Å²) in [6.45, 7) is 10.7. The van der Waals surface area contributed by atoms with Crippen LogP contribution in [0, 0.1) is 6.92 Å². The zero-order valence-electron chi connectivity index (χ0n) is 22.8. The third kappa shape index (κ3) is 7.59. The van der Waals surface area contributed by atoms with E-state index in [0.29, 0.717) is 23.8 Å². The fraction of sp³-hybridized carbons (Fsp3) is 0.414. The van der Waals surface area contributed by atoms with Gasteiger partial charge in [-0.05, 0) is 43.2 Å². The van der Waals surface area contributed by atoms with Crippen LogP contribution in [0.5, 0.6) is 5.75 Å². The molecule has 8 heteroatoms. The van der Waals surface area contributed by atoms with Crippen LogP contribution in [0.2, 0.25) is 0 Å². The highest BCUT2D eigenvalue weighted by Crippen LogP contribution is 2.27. The minimum atomic E-state index is -0.349. The second-order valence-corrected chi connectivity index (χ2v) is 10.2. The first-order chi connectivity index (χ1) is 17.6. The molecule has 8 nitrogen and oxygen atoms in total. The minimum absolute atomic E-state index is 0.0887. The van der Waals surface area contributed by atoms with Gasteiger partial charge in [0.2, 0.25) is 5.91 Å². The summed E-state index contributed by atoms with van der Waals surface area (Å²) in [6, 6.07) is 16.7. The van der Waals surface area contributed by atoms with Gasteiger partial charge in [0, 0.05) is 18.0 Å². The van der Waals surface area contributed by atoms with Gasteiger partial charge in [0.05, 0.1) is 24.2 Å². The van der Waals surface area contributed by atoms with Crippen molar-refractivity contribution in [2.24, 2.45) is 0 Å². The van der Waals surface area contributed by atoms with Gasteiger partial charge < -0.3 is 20.3 Å². The molecule has 2 N–H and O–H groups in total. The Balaban J connectivity index is 1.82. The number of nitrogens with one attached hydrogen (secondary N) is 2. The molecule has 0 bridgehead atoms. The third-order valence-electron chi connectivity index (χ3n) is 5.99. The maximum atomic E-state index is 13.2. The number of anilines is 2. The lowest BCUT2D eigenvalue weighted by atomic mass is 9.92. The van der Waals surface area contributed by atoms with E-state index in [2.05, 4.69) is 38.3 Å². The van der Waals surface area contributed by atoms with E-state index in [4.69, 9.17) is 9.84 Å². The van der Waals surface area contributed by atoms with Crippen LogP contribution >= 0.6 is 0 Å². The van der Waals surface area contributed by atoms with Crippen LogP contribution < -0.4 is 15.4 Å². The topological polar surface area (TPSA) is 88.5 Å². The van der Waals surface area contributed by atoms with Crippen molar-refractivity contribution in [3.8, 4) is 11.4 Å². The molecule has 0 saturated carbocycles. The molecule has 0 aliphatic carbocycles. The van der Waals surface area contributed by atoms with Gasteiger partial charge in [-0.3, -0.25) is 4.79 Å². The van der Waals surface area contributed by atoms with Crippen LogP contribution in [0.3, 0.4) is 0 Å². The van der Waals surface area contributed by atoms with Crippen molar-refractivity contribution in [3.63, 3.8) is 0 Å². The van der Waals surface area contributed by atoms with Gasteiger partial charge in [-0.2, -0.15) is 5.10 Å². The van der Waals surface area contributed by atoms with Crippen LogP contribution in [0.4, 0.5) is 16.3 Å². The Kier molecular flexibility index (Phi) is 9.33. The van der Waals surface area contributed by atoms with Crippen molar-refractivity contribution >= 4 is 23.4 Å². The van der Waals surface area contributed by atoms with Gasteiger partial charge in [0.15, 0.2) is 0 Å². The van der Waals surface area contributed by atoms with Crippen molar-refractivity contribution in [2.75, 3.05) is 30.8 Å². The van der Waals surface area contributed by atoms with E-state index >= 15 is 0 Å². The maximum absolute atomic E-state index is 13.2. The Bertz CT molecular complexity index is 1210. The summed E-state index contributed by atoms with van der Waals surface area (Å²) < 4.78 is 7.11. The molecule has 3 amide bonds. The van der Waals surface area contributed by atoms with Crippen molar-refractivity contribution in [1.29, 1.82) is 0 Å². The molecule has 0 aliphatic heterocycles. The molecule has 198 valence electrons. The molecule has 2 aromatic carbocycles. The largest absolute Gasteiger partial charge is 0.495 e. The Morgan fingerprint density at radius 2 is 1.78 bits per heavy atom. The Morgan fingerprint density at radius 1 is 1.03 bits per heavy atom. The molecule has 3 aromatic rings. The highest BCUT2D eigenvalue weighted by molar-refractivity contribution is 5.97. The SMILES string of the molecule is CCCCCN(CC(=O)Nc1cc(C(C)(C)C)nn1-c1cccc(C)c1)C(=O)Nc1ccccc1OC. The monoisotopic (exact) mass is 505 g/mol. The first-order valence-corrected chi connectivity index (χ1v) is 12.8. The Hall–Kier alpha value is -3.81. The zero-order chi connectivity index (χ0) is 27.0. The number of urea groups is 1. The van der Waals surface area contributed by atoms with Gasteiger partial charge in [-0.25, -0.2) is 9.48 Å².